The molecule has 0 saturated carbocycles. The number of furan rings is 2. The fourth-order valence-corrected chi connectivity index (χ4v) is 5.45. The van der Waals surface area contributed by atoms with Gasteiger partial charge in [0.05, 0.1) is 0 Å². The van der Waals surface area contributed by atoms with E-state index in [1.54, 1.807) is 0 Å². The highest BCUT2D eigenvalue weighted by Gasteiger charge is 2.19. The van der Waals surface area contributed by atoms with Crippen LogP contribution in [0, 0.1) is 0 Å². The minimum Gasteiger partial charge on any atom is -0.456 e. The minimum atomic E-state index is 0.927. The lowest BCUT2D eigenvalue weighted by Crippen LogP contribution is -1.72. The molecule has 27 heavy (non-hydrogen) atoms. The molecule has 0 spiro atoms. The lowest BCUT2D eigenvalue weighted by atomic mass is 10.0. The summed E-state index contributed by atoms with van der Waals surface area (Å²) >= 11 is 1.81. The van der Waals surface area contributed by atoms with Crippen molar-refractivity contribution in [2.45, 2.75) is 0 Å². The molecule has 2 nitrogen and oxygen atoms in total. The Labute approximate surface area is 157 Å². The van der Waals surface area contributed by atoms with Gasteiger partial charge in [-0.15, -0.1) is 11.3 Å². The van der Waals surface area contributed by atoms with Crippen molar-refractivity contribution in [3.05, 3.63) is 72.8 Å². The van der Waals surface area contributed by atoms with E-state index in [9.17, 15) is 0 Å². The van der Waals surface area contributed by atoms with Gasteiger partial charge >= 0.3 is 0 Å². The third-order valence-corrected chi connectivity index (χ3v) is 6.60. The summed E-state index contributed by atoms with van der Waals surface area (Å²) in [7, 11) is 0. The van der Waals surface area contributed by atoms with Crippen LogP contribution in [0.25, 0.3) is 64.0 Å². The van der Waals surface area contributed by atoms with E-state index in [0.29, 0.717) is 0 Å². The molecule has 7 aromatic rings. The summed E-state index contributed by atoms with van der Waals surface area (Å²) in [5, 5.41) is 7.11. The highest BCUT2D eigenvalue weighted by molar-refractivity contribution is 7.26. The Bertz CT molecular complexity index is 1680. The number of rotatable bonds is 0. The molecular formula is C24H12O2S. The maximum Gasteiger partial charge on any atom is 0.144 e. The van der Waals surface area contributed by atoms with Crippen LogP contribution >= 0.6 is 11.3 Å². The third kappa shape index (κ3) is 1.65. The van der Waals surface area contributed by atoms with Crippen molar-refractivity contribution in [1.29, 1.82) is 0 Å². The second-order valence-electron chi connectivity index (χ2n) is 6.93. The molecule has 7 rings (SSSR count). The first-order chi connectivity index (χ1) is 13.4. The zero-order chi connectivity index (χ0) is 17.5. The van der Waals surface area contributed by atoms with Gasteiger partial charge < -0.3 is 8.83 Å². The van der Waals surface area contributed by atoms with E-state index in [-0.39, 0.29) is 0 Å². The normalized spacial score (nSPS) is 12.4. The number of thiophene rings is 1. The van der Waals surface area contributed by atoms with Gasteiger partial charge in [0.15, 0.2) is 0 Å². The van der Waals surface area contributed by atoms with Gasteiger partial charge in [-0.1, -0.05) is 36.4 Å². The van der Waals surface area contributed by atoms with Crippen LogP contribution in [0.4, 0.5) is 0 Å². The first-order valence-electron chi connectivity index (χ1n) is 8.95. The number of fused-ring (bicyclic) bond motifs is 11. The van der Waals surface area contributed by atoms with E-state index >= 15 is 0 Å². The standard InChI is InChI=1S/C24H12O2S/c1-3-7-16-13(5-1)14-9-11-20-23(24(14)26-16)22-19(27-20)12-10-18-21(22)15-6-2-4-8-17(15)25-18/h1-12H. The van der Waals surface area contributed by atoms with Gasteiger partial charge in [0.25, 0.3) is 0 Å². The first-order valence-corrected chi connectivity index (χ1v) is 9.77. The van der Waals surface area contributed by atoms with Gasteiger partial charge in [0, 0.05) is 41.7 Å². The molecule has 0 fully saturated rings. The second-order valence-corrected chi connectivity index (χ2v) is 8.01. The van der Waals surface area contributed by atoms with Crippen molar-refractivity contribution in [1.82, 2.24) is 0 Å². The molecule has 0 amide bonds. The monoisotopic (exact) mass is 364 g/mol. The molecule has 3 heterocycles. The Hall–Kier alpha value is -3.30. The van der Waals surface area contributed by atoms with Gasteiger partial charge in [-0.3, -0.25) is 0 Å². The van der Waals surface area contributed by atoms with Gasteiger partial charge in [0.1, 0.15) is 22.3 Å². The fourth-order valence-electron chi connectivity index (χ4n) is 4.34. The quantitative estimate of drug-likeness (QED) is 0.274. The van der Waals surface area contributed by atoms with E-state index < -0.39 is 0 Å². The molecule has 126 valence electrons. The number of hydrogen-bond donors (Lipinski definition) is 0. The minimum absolute atomic E-state index is 0.927. The molecule has 0 radical (unpaired) electrons. The molecule has 3 heteroatoms. The number of para-hydroxylation sites is 2. The Kier molecular flexibility index (Phi) is 2.41. The van der Waals surface area contributed by atoms with Crippen LogP contribution in [0.15, 0.2) is 81.6 Å². The van der Waals surface area contributed by atoms with Crippen molar-refractivity contribution >= 4 is 75.4 Å². The molecule has 0 N–H and O–H groups in total. The lowest BCUT2D eigenvalue weighted by molar-refractivity contribution is 0.669. The highest BCUT2D eigenvalue weighted by atomic mass is 32.1. The lowest BCUT2D eigenvalue weighted by Gasteiger charge is -1.97. The molecule has 0 atom stereocenters. The van der Waals surface area contributed by atoms with E-state index in [1.807, 2.05) is 35.6 Å². The predicted molar refractivity (Wildman–Crippen MR) is 114 cm³/mol. The second kappa shape index (κ2) is 4.70. The summed E-state index contributed by atoms with van der Waals surface area (Å²) in [5.41, 5.74) is 3.76. The van der Waals surface area contributed by atoms with Crippen LogP contribution in [0.3, 0.4) is 0 Å². The summed E-state index contributed by atoms with van der Waals surface area (Å²) in [5.74, 6) is 0. The Balaban J connectivity index is 1.84. The van der Waals surface area contributed by atoms with Crippen LogP contribution in [0.1, 0.15) is 0 Å². The van der Waals surface area contributed by atoms with Crippen molar-refractivity contribution < 1.29 is 8.83 Å². The molecule has 0 aliphatic rings. The van der Waals surface area contributed by atoms with Crippen LogP contribution < -0.4 is 0 Å². The van der Waals surface area contributed by atoms with E-state index in [1.165, 1.54) is 30.9 Å². The molecule has 0 unspecified atom stereocenters. The SMILES string of the molecule is c1ccc2c(c1)oc1c2ccc2sc3ccc4oc5ccccc5c4c3c21. The van der Waals surface area contributed by atoms with Crippen LogP contribution in [-0.4, -0.2) is 0 Å². The Morgan fingerprint density at radius 1 is 0.481 bits per heavy atom. The average molecular weight is 364 g/mol. The number of hydrogen-bond acceptors (Lipinski definition) is 3. The largest absolute Gasteiger partial charge is 0.456 e. The van der Waals surface area contributed by atoms with Crippen LogP contribution in [0.5, 0.6) is 0 Å². The van der Waals surface area contributed by atoms with Crippen molar-refractivity contribution in [2.75, 3.05) is 0 Å². The van der Waals surface area contributed by atoms with Crippen molar-refractivity contribution in [3.8, 4) is 0 Å². The van der Waals surface area contributed by atoms with Crippen molar-refractivity contribution in [3.63, 3.8) is 0 Å². The van der Waals surface area contributed by atoms with E-state index in [4.69, 9.17) is 8.83 Å². The summed E-state index contributed by atoms with van der Waals surface area (Å²) < 4.78 is 15.0. The first kappa shape index (κ1) is 13.8. The summed E-state index contributed by atoms with van der Waals surface area (Å²) in [4.78, 5) is 0. The predicted octanol–water partition coefficient (Wildman–Crippen LogP) is 7.85. The van der Waals surface area contributed by atoms with E-state index in [0.717, 1.165) is 33.1 Å². The zero-order valence-corrected chi connectivity index (χ0v) is 15.0. The molecule has 3 aromatic heterocycles. The molecule has 0 bridgehead atoms. The molecular weight excluding hydrogens is 352 g/mol. The summed E-state index contributed by atoms with van der Waals surface area (Å²) in [6.07, 6.45) is 0. The summed E-state index contributed by atoms with van der Waals surface area (Å²) in [6, 6.07) is 25.2. The van der Waals surface area contributed by atoms with Gasteiger partial charge in [0.2, 0.25) is 0 Å². The van der Waals surface area contributed by atoms with E-state index in [2.05, 4.69) is 48.5 Å². The van der Waals surface area contributed by atoms with Gasteiger partial charge in [-0.25, -0.2) is 0 Å². The van der Waals surface area contributed by atoms with Crippen LogP contribution in [0.2, 0.25) is 0 Å². The smallest absolute Gasteiger partial charge is 0.144 e. The average Bonchev–Trinajstić information content (AvgIpc) is 3.37. The number of benzene rings is 4. The third-order valence-electron chi connectivity index (χ3n) is 5.48. The Morgan fingerprint density at radius 2 is 1.19 bits per heavy atom. The molecule has 0 aliphatic heterocycles. The van der Waals surface area contributed by atoms with Crippen LogP contribution in [-0.2, 0) is 0 Å². The maximum absolute atomic E-state index is 6.35. The van der Waals surface area contributed by atoms with Gasteiger partial charge in [-0.05, 0) is 36.4 Å². The fraction of sp³-hybridized carbons (Fsp3) is 0. The zero-order valence-electron chi connectivity index (χ0n) is 14.2. The Morgan fingerprint density at radius 3 is 2.07 bits per heavy atom. The molecule has 4 aromatic carbocycles. The molecule has 0 saturated heterocycles. The maximum atomic E-state index is 6.35. The van der Waals surface area contributed by atoms with Gasteiger partial charge in [-0.2, -0.15) is 0 Å². The van der Waals surface area contributed by atoms with Crippen molar-refractivity contribution in [2.24, 2.45) is 0 Å². The molecule has 0 aliphatic carbocycles. The summed E-state index contributed by atoms with van der Waals surface area (Å²) in [6.45, 7) is 0. The highest BCUT2D eigenvalue weighted by Crippen LogP contribution is 2.46. The topological polar surface area (TPSA) is 26.3 Å².